The molecule has 1 aromatic carbocycles. The number of benzene rings is 1. The molecular weight excluding hydrogens is 471 g/mol. The van der Waals surface area contributed by atoms with Crippen LogP contribution in [-0.2, 0) is 16.8 Å². The van der Waals surface area contributed by atoms with E-state index >= 15 is 0 Å². The molecule has 35 heavy (non-hydrogen) atoms. The molecule has 4 heterocycles. The lowest BCUT2D eigenvalue weighted by Crippen LogP contribution is -2.45. The number of H-pyrrole nitrogens is 2. The fourth-order valence-electron chi connectivity index (χ4n) is 4.06. The van der Waals surface area contributed by atoms with Gasteiger partial charge in [0.15, 0.2) is 5.82 Å². The van der Waals surface area contributed by atoms with Gasteiger partial charge in [-0.15, -0.1) is 10.3 Å². The normalized spacial score (nSPS) is 15.3. The van der Waals surface area contributed by atoms with Gasteiger partial charge < -0.3 is 10.3 Å². The predicted molar refractivity (Wildman–Crippen MR) is 130 cm³/mol. The maximum absolute atomic E-state index is 13.1. The first-order chi connectivity index (χ1) is 16.9. The summed E-state index contributed by atoms with van der Waals surface area (Å²) in [5, 5.41) is 10.0. The lowest BCUT2D eigenvalue weighted by Gasteiger charge is -2.33. The van der Waals surface area contributed by atoms with Gasteiger partial charge in [0.1, 0.15) is 16.4 Å². The van der Waals surface area contributed by atoms with Crippen molar-refractivity contribution in [3.05, 3.63) is 48.3 Å². The van der Waals surface area contributed by atoms with Gasteiger partial charge in [-0.1, -0.05) is 12.0 Å². The monoisotopic (exact) mass is 494 g/mol. The lowest BCUT2D eigenvalue weighted by molar-refractivity contribution is 0.138. The Hall–Kier alpha value is -3.79. The van der Waals surface area contributed by atoms with Gasteiger partial charge in [-0.25, -0.2) is 9.97 Å². The molecule has 0 unspecified atom stereocenters. The molecule has 1 saturated heterocycles. The van der Waals surface area contributed by atoms with Crippen molar-refractivity contribution in [2.45, 2.75) is 11.4 Å². The highest BCUT2D eigenvalue weighted by atomic mass is 32.3. The molecule has 1 aliphatic heterocycles. The maximum atomic E-state index is 13.1. The van der Waals surface area contributed by atoms with E-state index in [1.54, 1.807) is 6.20 Å². The lowest BCUT2D eigenvalue weighted by atomic mass is 10.1. The number of nitrogens with zero attached hydrogens (tertiary/aromatic N) is 5. The van der Waals surface area contributed by atoms with Crippen molar-refractivity contribution in [3.63, 3.8) is 0 Å². The van der Waals surface area contributed by atoms with Crippen LogP contribution in [0.1, 0.15) is 5.56 Å². The molecule has 5 rings (SSSR count). The second-order valence-electron chi connectivity index (χ2n) is 8.29. The summed E-state index contributed by atoms with van der Waals surface area (Å²) < 4.78 is 35.1. The number of piperazine rings is 1. The minimum atomic E-state index is -4.80. The number of aromatic amines is 2. The molecule has 180 valence electrons. The summed E-state index contributed by atoms with van der Waals surface area (Å²) in [5.74, 6) is 3.63. The SMILES string of the molecule is C#CCN1CCN(Cc2ccc3nc(-c4[nH]ncc4Nc4ccc(S(=O)(=O)F)cn4)[nH]c3c2)CC1. The van der Waals surface area contributed by atoms with Crippen LogP contribution >= 0.6 is 0 Å². The standard InChI is InChI=1S/C23H23FN8O2S/c1-2-7-31-8-10-32(11-9-31)15-16-3-5-18-19(12-16)29-23(28-18)22-20(14-26-30-22)27-21-6-4-17(13-25-21)35(24,33)34/h1,3-6,12-14H,7-11,15H2,(H,25,27)(H,26,30)(H,28,29). The quantitative estimate of drug-likeness (QED) is 0.265. The number of aromatic nitrogens is 5. The Bertz CT molecular complexity index is 1480. The highest BCUT2D eigenvalue weighted by Gasteiger charge is 2.18. The summed E-state index contributed by atoms with van der Waals surface area (Å²) in [5.41, 5.74) is 4.10. The van der Waals surface area contributed by atoms with Crippen molar-refractivity contribution >= 4 is 32.8 Å². The topological polar surface area (TPSA) is 123 Å². The largest absolute Gasteiger partial charge is 0.337 e. The summed E-state index contributed by atoms with van der Waals surface area (Å²) in [6.07, 6.45) is 7.93. The molecule has 0 aliphatic carbocycles. The molecular formula is C23H23FN8O2S. The van der Waals surface area contributed by atoms with E-state index in [1.165, 1.54) is 11.6 Å². The number of halogens is 1. The zero-order valence-electron chi connectivity index (χ0n) is 18.7. The molecule has 1 fully saturated rings. The highest BCUT2D eigenvalue weighted by Crippen LogP contribution is 2.28. The van der Waals surface area contributed by atoms with Gasteiger partial charge >= 0.3 is 10.2 Å². The Balaban J connectivity index is 1.31. The second kappa shape index (κ2) is 9.46. The number of terminal acetylenes is 1. The van der Waals surface area contributed by atoms with Crippen molar-refractivity contribution in [2.24, 2.45) is 0 Å². The van der Waals surface area contributed by atoms with E-state index in [1.807, 2.05) is 6.07 Å². The smallest absolute Gasteiger partial charge is 0.333 e. The Labute approximate surface area is 201 Å². The molecule has 12 heteroatoms. The van der Waals surface area contributed by atoms with E-state index in [9.17, 15) is 12.3 Å². The molecule has 4 aromatic rings. The number of pyridine rings is 1. The van der Waals surface area contributed by atoms with Gasteiger partial charge in [-0.2, -0.15) is 13.5 Å². The zero-order chi connectivity index (χ0) is 24.4. The average molecular weight is 495 g/mol. The number of fused-ring (bicyclic) bond motifs is 1. The molecule has 0 spiro atoms. The summed E-state index contributed by atoms with van der Waals surface area (Å²) in [7, 11) is -4.80. The molecule has 0 bridgehead atoms. The number of hydrogen-bond donors (Lipinski definition) is 3. The Morgan fingerprint density at radius 3 is 2.63 bits per heavy atom. The van der Waals surface area contributed by atoms with E-state index in [-0.39, 0.29) is 0 Å². The number of nitrogens with one attached hydrogen (secondary N) is 3. The zero-order valence-corrected chi connectivity index (χ0v) is 19.5. The average Bonchev–Trinajstić information content (AvgIpc) is 3.46. The first-order valence-electron chi connectivity index (χ1n) is 11.0. The van der Waals surface area contributed by atoms with Crippen LogP contribution in [0.2, 0.25) is 0 Å². The van der Waals surface area contributed by atoms with Gasteiger partial charge in [0.05, 0.1) is 35.7 Å². The number of imidazole rings is 1. The van der Waals surface area contributed by atoms with Crippen LogP contribution in [0.5, 0.6) is 0 Å². The Morgan fingerprint density at radius 2 is 1.91 bits per heavy atom. The van der Waals surface area contributed by atoms with Crippen LogP contribution in [0.15, 0.2) is 47.6 Å². The van der Waals surface area contributed by atoms with Gasteiger partial charge in [-0.3, -0.25) is 14.9 Å². The minimum Gasteiger partial charge on any atom is -0.337 e. The molecule has 1 aliphatic rings. The van der Waals surface area contributed by atoms with E-state index in [4.69, 9.17) is 6.42 Å². The molecule has 0 saturated carbocycles. The number of anilines is 2. The molecule has 0 radical (unpaired) electrons. The molecule has 0 atom stereocenters. The van der Waals surface area contributed by atoms with Crippen LogP contribution < -0.4 is 5.32 Å². The summed E-state index contributed by atoms with van der Waals surface area (Å²) in [6.45, 7) is 5.44. The molecule has 0 amide bonds. The van der Waals surface area contributed by atoms with Crippen LogP contribution in [0, 0.1) is 12.3 Å². The molecule has 3 aromatic heterocycles. The van der Waals surface area contributed by atoms with Crippen molar-refractivity contribution in [1.82, 2.24) is 34.9 Å². The van der Waals surface area contributed by atoms with Gasteiger partial charge in [-0.05, 0) is 29.8 Å². The van der Waals surface area contributed by atoms with E-state index in [2.05, 4.69) is 58.3 Å². The third-order valence-electron chi connectivity index (χ3n) is 5.89. The van der Waals surface area contributed by atoms with E-state index < -0.39 is 15.1 Å². The van der Waals surface area contributed by atoms with Crippen LogP contribution in [0.3, 0.4) is 0 Å². The van der Waals surface area contributed by atoms with Crippen LogP contribution in [0.25, 0.3) is 22.6 Å². The van der Waals surface area contributed by atoms with Crippen molar-refractivity contribution in [2.75, 3.05) is 38.0 Å². The number of hydrogen-bond acceptors (Lipinski definition) is 8. The van der Waals surface area contributed by atoms with Gasteiger partial charge in [0, 0.05) is 32.7 Å². The van der Waals surface area contributed by atoms with Crippen LogP contribution in [0.4, 0.5) is 15.4 Å². The first kappa shape index (κ1) is 23.0. The molecule has 10 nitrogen and oxygen atoms in total. The molecule has 3 N–H and O–H groups in total. The highest BCUT2D eigenvalue weighted by molar-refractivity contribution is 7.86. The summed E-state index contributed by atoms with van der Waals surface area (Å²) in [4.78, 5) is 16.2. The third kappa shape index (κ3) is 5.17. The van der Waals surface area contributed by atoms with Crippen LogP contribution in [-0.4, -0.2) is 76.1 Å². The van der Waals surface area contributed by atoms with Gasteiger partial charge in [0.25, 0.3) is 0 Å². The van der Waals surface area contributed by atoms with E-state index in [0.717, 1.165) is 56.0 Å². The summed E-state index contributed by atoms with van der Waals surface area (Å²) >= 11 is 0. The van der Waals surface area contributed by atoms with E-state index in [0.29, 0.717) is 29.6 Å². The fraction of sp³-hybridized carbons (Fsp3) is 0.261. The number of rotatable bonds is 7. The fourth-order valence-corrected chi connectivity index (χ4v) is 4.47. The van der Waals surface area contributed by atoms with Crippen molar-refractivity contribution in [1.29, 1.82) is 0 Å². The van der Waals surface area contributed by atoms with Crippen molar-refractivity contribution < 1.29 is 12.3 Å². The first-order valence-corrected chi connectivity index (χ1v) is 12.4. The third-order valence-corrected chi connectivity index (χ3v) is 6.69. The summed E-state index contributed by atoms with van der Waals surface area (Å²) in [6, 6.07) is 8.68. The second-order valence-corrected chi connectivity index (χ2v) is 9.64. The Morgan fingerprint density at radius 1 is 1.11 bits per heavy atom. The predicted octanol–water partition coefficient (Wildman–Crippen LogP) is 2.50. The Kier molecular flexibility index (Phi) is 6.21. The van der Waals surface area contributed by atoms with Crippen molar-refractivity contribution in [3.8, 4) is 23.9 Å². The maximum Gasteiger partial charge on any atom is 0.333 e. The van der Waals surface area contributed by atoms with Gasteiger partial charge in [0.2, 0.25) is 0 Å². The minimum absolute atomic E-state index is 0.334.